The van der Waals surface area contributed by atoms with Crippen LogP contribution in [0.5, 0.6) is 0 Å². The molecular formula is C9H19NO. The van der Waals surface area contributed by atoms with Crippen LogP contribution in [0.4, 0.5) is 0 Å². The van der Waals surface area contributed by atoms with E-state index in [1.165, 1.54) is 0 Å². The first kappa shape index (κ1) is 13.0. The molecule has 0 aromatic heterocycles. The number of nitrogens with zero attached hydrogens (tertiary/aromatic N) is 1. The summed E-state index contributed by atoms with van der Waals surface area (Å²) in [5, 5.41) is 0. The molecule has 2 N–H and O–H groups in total. The lowest BCUT2D eigenvalue weighted by molar-refractivity contribution is 0.273. The van der Waals surface area contributed by atoms with Gasteiger partial charge >= 0.3 is 0 Å². The highest BCUT2D eigenvalue weighted by Crippen LogP contribution is 1.96. The van der Waals surface area contributed by atoms with Crippen molar-refractivity contribution in [3.63, 3.8) is 0 Å². The first-order valence-electron chi connectivity index (χ1n) is 3.68. The predicted molar refractivity (Wildman–Crippen MR) is 50.7 cm³/mol. The Morgan fingerprint density at radius 3 is 1.73 bits per heavy atom. The second kappa shape index (κ2) is 7.51. The van der Waals surface area contributed by atoms with Gasteiger partial charge in [0, 0.05) is 19.1 Å². The van der Waals surface area contributed by atoms with Crippen LogP contribution in [0.3, 0.4) is 0 Å². The lowest BCUT2D eigenvalue weighted by Gasteiger charge is -2.22. The van der Waals surface area contributed by atoms with Crippen LogP contribution in [-0.4, -0.2) is 29.5 Å². The van der Waals surface area contributed by atoms with Gasteiger partial charge in [-0.3, -0.25) is 4.90 Å². The zero-order chi connectivity index (χ0) is 7.98. The highest BCUT2D eigenvalue weighted by molar-refractivity contribution is 4.81. The first-order valence-corrected chi connectivity index (χ1v) is 3.68. The molecule has 0 saturated carbocycles. The summed E-state index contributed by atoms with van der Waals surface area (Å²) < 4.78 is 0. The van der Waals surface area contributed by atoms with Crippen molar-refractivity contribution in [1.29, 1.82) is 0 Å². The fourth-order valence-corrected chi connectivity index (χ4v) is 0.828. The average molecular weight is 157 g/mol. The molecule has 2 nitrogen and oxygen atoms in total. The Hall–Kier alpha value is -0.600. The molecule has 0 aliphatic heterocycles. The number of hydrogen-bond donors (Lipinski definition) is 0. The average Bonchev–Trinajstić information content (AvgIpc) is 1.87. The molecule has 0 saturated heterocycles. The fraction of sp³-hybridized carbons (Fsp3) is 0.556. The van der Waals surface area contributed by atoms with E-state index in [2.05, 4.69) is 31.9 Å². The maximum absolute atomic E-state index is 3.69. The number of rotatable bonds is 5. The molecule has 0 radical (unpaired) electrons. The summed E-state index contributed by atoms with van der Waals surface area (Å²) in [4.78, 5) is 2.29. The molecule has 0 aromatic carbocycles. The van der Waals surface area contributed by atoms with Gasteiger partial charge in [0.15, 0.2) is 0 Å². The van der Waals surface area contributed by atoms with Crippen molar-refractivity contribution in [1.82, 2.24) is 4.90 Å². The summed E-state index contributed by atoms with van der Waals surface area (Å²) in [6, 6.07) is 0.580. The molecule has 0 spiro atoms. The van der Waals surface area contributed by atoms with Crippen molar-refractivity contribution in [3.05, 3.63) is 25.3 Å². The Bertz CT molecular complexity index is 100. The van der Waals surface area contributed by atoms with Gasteiger partial charge in [-0.05, 0) is 13.8 Å². The predicted octanol–water partition coefficient (Wildman–Crippen LogP) is 1.24. The second-order valence-corrected chi connectivity index (χ2v) is 2.63. The smallest absolute Gasteiger partial charge is 0.0166 e. The van der Waals surface area contributed by atoms with Crippen molar-refractivity contribution in [2.45, 2.75) is 19.9 Å². The molecule has 0 aromatic rings. The summed E-state index contributed by atoms with van der Waals surface area (Å²) in [5.74, 6) is 0. The van der Waals surface area contributed by atoms with Gasteiger partial charge in [0.2, 0.25) is 0 Å². The largest absolute Gasteiger partial charge is 0.412 e. The molecule has 0 rings (SSSR count). The Balaban J connectivity index is 0. The summed E-state index contributed by atoms with van der Waals surface area (Å²) >= 11 is 0. The van der Waals surface area contributed by atoms with E-state index in [1.54, 1.807) is 0 Å². The summed E-state index contributed by atoms with van der Waals surface area (Å²) in [6.45, 7) is 13.6. The maximum atomic E-state index is 3.69. The maximum Gasteiger partial charge on any atom is 0.0166 e. The molecule has 0 atom stereocenters. The van der Waals surface area contributed by atoms with Gasteiger partial charge in [-0.15, -0.1) is 13.2 Å². The van der Waals surface area contributed by atoms with E-state index in [4.69, 9.17) is 0 Å². The van der Waals surface area contributed by atoms with Gasteiger partial charge in [-0.25, -0.2) is 0 Å². The molecule has 11 heavy (non-hydrogen) atoms. The van der Waals surface area contributed by atoms with Crippen LogP contribution in [0.1, 0.15) is 13.8 Å². The highest BCUT2D eigenvalue weighted by atomic mass is 16.0. The van der Waals surface area contributed by atoms with Crippen molar-refractivity contribution in [2.24, 2.45) is 0 Å². The van der Waals surface area contributed by atoms with Gasteiger partial charge < -0.3 is 5.48 Å². The fourth-order valence-electron chi connectivity index (χ4n) is 0.828. The van der Waals surface area contributed by atoms with Gasteiger partial charge in [0.1, 0.15) is 0 Å². The van der Waals surface area contributed by atoms with Crippen molar-refractivity contribution in [3.8, 4) is 0 Å². The van der Waals surface area contributed by atoms with E-state index in [1.807, 2.05) is 12.2 Å². The van der Waals surface area contributed by atoms with E-state index in [-0.39, 0.29) is 5.48 Å². The highest BCUT2D eigenvalue weighted by Gasteiger charge is 2.03. The SMILES string of the molecule is C=CCN(CC=C)C(C)C.O. The van der Waals surface area contributed by atoms with Gasteiger partial charge in [0.25, 0.3) is 0 Å². The van der Waals surface area contributed by atoms with Crippen LogP contribution in [0.15, 0.2) is 25.3 Å². The zero-order valence-electron chi connectivity index (χ0n) is 7.51. The summed E-state index contributed by atoms with van der Waals surface area (Å²) in [5.41, 5.74) is 0. The van der Waals surface area contributed by atoms with E-state index in [0.717, 1.165) is 13.1 Å². The zero-order valence-corrected chi connectivity index (χ0v) is 7.51. The molecule has 0 aliphatic carbocycles. The molecular weight excluding hydrogens is 138 g/mol. The standard InChI is InChI=1S/C9H17N.H2O/c1-5-7-10(8-6-2)9(3)4;/h5-6,9H,1-2,7-8H2,3-4H3;1H2. The Labute approximate surface area is 69.5 Å². The lowest BCUT2D eigenvalue weighted by atomic mass is 10.3. The van der Waals surface area contributed by atoms with Gasteiger partial charge in [0.05, 0.1) is 0 Å². The lowest BCUT2D eigenvalue weighted by Crippen LogP contribution is -2.30. The molecule has 66 valence electrons. The van der Waals surface area contributed by atoms with Crippen LogP contribution in [0.25, 0.3) is 0 Å². The topological polar surface area (TPSA) is 34.7 Å². The summed E-state index contributed by atoms with van der Waals surface area (Å²) in [7, 11) is 0. The van der Waals surface area contributed by atoms with Crippen LogP contribution in [-0.2, 0) is 0 Å². The minimum absolute atomic E-state index is 0. The Morgan fingerprint density at radius 1 is 1.18 bits per heavy atom. The monoisotopic (exact) mass is 157 g/mol. The third-order valence-electron chi connectivity index (χ3n) is 1.46. The van der Waals surface area contributed by atoms with Gasteiger partial charge in [-0.1, -0.05) is 12.2 Å². The normalized spacial score (nSPS) is 9.45. The third-order valence-corrected chi connectivity index (χ3v) is 1.46. The van der Waals surface area contributed by atoms with Gasteiger partial charge in [-0.2, -0.15) is 0 Å². The molecule has 0 bridgehead atoms. The third kappa shape index (κ3) is 5.83. The second-order valence-electron chi connectivity index (χ2n) is 2.63. The van der Waals surface area contributed by atoms with Crippen LogP contribution in [0, 0.1) is 0 Å². The minimum atomic E-state index is 0. The van der Waals surface area contributed by atoms with E-state index in [0.29, 0.717) is 6.04 Å². The molecule has 0 aliphatic rings. The molecule has 0 amide bonds. The van der Waals surface area contributed by atoms with Crippen molar-refractivity contribution < 1.29 is 5.48 Å². The Kier molecular flexibility index (Phi) is 8.89. The van der Waals surface area contributed by atoms with Crippen LogP contribution >= 0.6 is 0 Å². The van der Waals surface area contributed by atoms with Crippen LogP contribution < -0.4 is 0 Å². The minimum Gasteiger partial charge on any atom is -0.412 e. The molecule has 0 fully saturated rings. The molecule has 0 unspecified atom stereocenters. The number of hydrogen-bond acceptors (Lipinski definition) is 1. The van der Waals surface area contributed by atoms with E-state index >= 15 is 0 Å². The van der Waals surface area contributed by atoms with Crippen LogP contribution in [0.2, 0.25) is 0 Å². The van der Waals surface area contributed by atoms with E-state index in [9.17, 15) is 0 Å². The van der Waals surface area contributed by atoms with Crippen molar-refractivity contribution in [2.75, 3.05) is 13.1 Å². The van der Waals surface area contributed by atoms with E-state index < -0.39 is 0 Å². The quantitative estimate of drug-likeness (QED) is 0.553. The van der Waals surface area contributed by atoms with Crippen molar-refractivity contribution >= 4 is 0 Å². The molecule has 2 heteroatoms. The summed E-state index contributed by atoms with van der Waals surface area (Å²) in [6.07, 6.45) is 3.84. The first-order chi connectivity index (χ1) is 4.72. The Morgan fingerprint density at radius 2 is 1.55 bits per heavy atom. The molecule has 0 heterocycles.